The van der Waals surface area contributed by atoms with E-state index in [2.05, 4.69) is 18.8 Å². The molecular formula is C16H17ClN2OS. The van der Waals surface area contributed by atoms with Crippen molar-refractivity contribution in [3.8, 4) is 0 Å². The highest BCUT2D eigenvalue weighted by Gasteiger charge is 2.30. The number of hydrogen-bond acceptors (Lipinski definition) is 3. The maximum Gasteiger partial charge on any atom is 0.256 e. The summed E-state index contributed by atoms with van der Waals surface area (Å²) in [5, 5.41) is 2.60. The molecule has 0 bridgehead atoms. The Balaban J connectivity index is 2.04. The molecule has 1 aliphatic heterocycles. The summed E-state index contributed by atoms with van der Waals surface area (Å²) < 4.78 is 0. The second-order valence-electron chi connectivity index (χ2n) is 5.32. The highest BCUT2D eigenvalue weighted by molar-refractivity contribution is 8.00. The fourth-order valence-corrected chi connectivity index (χ4v) is 4.02. The summed E-state index contributed by atoms with van der Waals surface area (Å²) in [5.41, 5.74) is 0.640. The van der Waals surface area contributed by atoms with E-state index >= 15 is 0 Å². The Hall–Kier alpha value is -1.26. The molecule has 1 aromatic heterocycles. The summed E-state index contributed by atoms with van der Waals surface area (Å²) in [6.07, 6.45) is 1.60. The fourth-order valence-electron chi connectivity index (χ4n) is 2.70. The minimum atomic E-state index is 0.0509. The monoisotopic (exact) mass is 320 g/mol. The van der Waals surface area contributed by atoms with Crippen molar-refractivity contribution in [1.82, 2.24) is 9.88 Å². The molecule has 21 heavy (non-hydrogen) atoms. The van der Waals surface area contributed by atoms with Crippen molar-refractivity contribution in [2.45, 2.75) is 25.1 Å². The van der Waals surface area contributed by atoms with Crippen LogP contribution in [0.25, 0.3) is 10.8 Å². The number of carbonyl (C=O) groups is 1. The second-order valence-corrected chi connectivity index (χ2v) is 7.17. The number of hydrogen-bond donors (Lipinski definition) is 0. The number of carbonyl (C=O) groups excluding carboxylic acids is 1. The van der Waals surface area contributed by atoms with Crippen LogP contribution >= 0.6 is 23.4 Å². The van der Waals surface area contributed by atoms with Gasteiger partial charge in [-0.05, 0) is 12.3 Å². The normalized spacial score (nSPS) is 22.5. The molecule has 1 aliphatic rings. The third-order valence-electron chi connectivity index (χ3n) is 4.12. The topological polar surface area (TPSA) is 33.2 Å². The highest BCUT2D eigenvalue weighted by atomic mass is 35.5. The van der Waals surface area contributed by atoms with Gasteiger partial charge in [-0.1, -0.05) is 42.8 Å². The molecule has 2 heterocycles. The lowest BCUT2D eigenvalue weighted by Crippen LogP contribution is -2.48. The number of benzene rings is 1. The van der Waals surface area contributed by atoms with Gasteiger partial charge in [-0.3, -0.25) is 4.79 Å². The lowest BCUT2D eigenvalue weighted by atomic mass is 10.1. The van der Waals surface area contributed by atoms with Crippen molar-refractivity contribution in [3.05, 3.63) is 41.2 Å². The summed E-state index contributed by atoms with van der Waals surface area (Å²) in [5.74, 6) is 1.03. The van der Waals surface area contributed by atoms with Crippen LogP contribution in [-0.2, 0) is 0 Å². The van der Waals surface area contributed by atoms with Crippen molar-refractivity contribution in [3.63, 3.8) is 0 Å². The van der Waals surface area contributed by atoms with Gasteiger partial charge in [0.15, 0.2) is 0 Å². The van der Waals surface area contributed by atoms with Gasteiger partial charge >= 0.3 is 0 Å². The van der Waals surface area contributed by atoms with E-state index in [4.69, 9.17) is 11.6 Å². The Bertz CT molecular complexity index is 691. The van der Waals surface area contributed by atoms with Gasteiger partial charge < -0.3 is 4.90 Å². The van der Waals surface area contributed by atoms with E-state index in [1.165, 1.54) is 0 Å². The van der Waals surface area contributed by atoms with Crippen LogP contribution in [-0.4, -0.2) is 39.4 Å². The zero-order valence-electron chi connectivity index (χ0n) is 12.0. The number of fused-ring (bicyclic) bond motifs is 1. The Labute approximate surface area is 133 Å². The van der Waals surface area contributed by atoms with Crippen LogP contribution in [0.15, 0.2) is 30.5 Å². The lowest BCUT2D eigenvalue weighted by molar-refractivity contribution is 0.0700. The Morgan fingerprint density at radius 2 is 2.05 bits per heavy atom. The number of aromatic nitrogens is 1. The SMILES string of the molecule is CC1SCCN(C(=O)c2cnc(Cl)c3ccccc23)C1C. The number of pyridine rings is 1. The molecule has 0 aliphatic carbocycles. The van der Waals surface area contributed by atoms with Gasteiger partial charge in [0.1, 0.15) is 5.15 Å². The molecule has 2 aromatic rings. The van der Waals surface area contributed by atoms with E-state index in [1.807, 2.05) is 40.9 Å². The molecule has 2 unspecified atom stereocenters. The first-order valence-corrected chi connectivity index (χ1v) is 8.48. The summed E-state index contributed by atoms with van der Waals surface area (Å²) >= 11 is 8.05. The molecule has 0 spiro atoms. The minimum Gasteiger partial charge on any atom is -0.334 e. The third-order valence-corrected chi connectivity index (χ3v) is 5.76. The van der Waals surface area contributed by atoms with Gasteiger partial charge in [0.05, 0.1) is 5.56 Å². The molecule has 5 heteroatoms. The van der Waals surface area contributed by atoms with Crippen molar-refractivity contribution in [1.29, 1.82) is 0 Å². The van der Waals surface area contributed by atoms with Crippen LogP contribution in [0.1, 0.15) is 24.2 Å². The maximum absolute atomic E-state index is 12.9. The molecule has 3 nitrogen and oxygen atoms in total. The number of halogens is 1. The predicted molar refractivity (Wildman–Crippen MR) is 89.2 cm³/mol. The standard InChI is InChI=1S/C16H17ClN2OS/c1-10-11(2)21-8-7-19(10)16(20)14-9-18-15(17)13-6-4-3-5-12(13)14/h3-6,9-11H,7-8H2,1-2H3. The van der Waals surface area contributed by atoms with Gasteiger partial charge in [0.2, 0.25) is 0 Å². The third kappa shape index (κ3) is 2.62. The number of nitrogens with zero attached hydrogens (tertiary/aromatic N) is 2. The van der Waals surface area contributed by atoms with Gasteiger partial charge in [-0.25, -0.2) is 4.98 Å². The van der Waals surface area contributed by atoms with Gasteiger partial charge in [-0.2, -0.15) is 11.8 Å². The second kappa shape index (κ2) is 5.85. The number of amides is 1. The van der Waals surface area contributed by atoms with E-state index in [-0.39, 0.29) is 11.9 Å². The summed E-state index contributed by atoms with van der Waals surface area (Å²) in [6, 6.07) is 7.90. The van der Waals surface area contributed by atoms with Crippen molar-refractivity contribution < 1.29 is 4.79 Å². The number of thioether (sulfide) groups is 1. The van der Waals surface area contributed by atoms with Crippen LogP contribution in [0, 0.1) is 0 Å². The zero-order chi connectivity index (χ0) is 15.0. The van der Waals surface area contributed by atoms with Gasteiger partial charge in [-0.15, -0.1) is 0 Å². The van der Waals surface area contributed by atoms with Crippen LogP contribution in [0.4, 0.5) is 0 Å². The summed E-state index contributed by atoms with van der Waals surface area (Å²) in [7, 11) is 0. The molecule has 0 N–H and O–H groups in total. The first-order chi connectivity index (χ1) is 10.1. The van der Waals surface area contributed by atoms with Gasteiger partial charge in [0.25, 0.3) is 5.91 Å². The predicted octanol–water partition coefficient (Wildman–Crippen LogP) is 3.85. The number of rotatable bonds is 1. The molecular weight excluding hydrogens is 304 g/mol. The quantitative estimate of drug-likeness (QED) is 0.748. The molecule has 3 rings (SSSR count). The van der Waals surface area contributed by atoms with E-state index in [0.717, 1.165) is 23.1 Å². The van der Waals surface area contributed by atoms with E-state index in [1.54, 1.807) is 6.20 Å². The molecule has 1 fully saturated rings. The molecule has 1 amide bonds. The molecule has 110 valence electrons. The van der Waals surface area contributed by atoms with E-state index in [9.17, 15) is 4.79 Å². The Kier molecular flexibility index (Phi) is 4.09. The van der Waals surface area contributed by atoms with Crippen LogP contribution in [0.2, 0.25) is 5.15 Å². The minimum absolute atomic E-state index is 0.0509. The fraction of sp³-hybridized carbons (Fsp3) is 0.375. The molecule has 0 saturated carbocycles. The summed E-state index contributed by atoms with van der Waals surface area (Å²) in [4.78, 5) is 19.1. The van der Waals surface area contributed by atoms with E-state index < -0.39 is 0 Å². The molecule has 0 radical (unpaired) electrons. The molecule has 2 atom stereocenters. The molecule has 1 saturated heterocycles. The zero-order valence-corrected chi connectivity index (χ0v) is 13.6. The Morgan fingerprint density at radius 1 is 1.33 bits per heavy atom. The average molecular weight is 321 g/mol. The average Bonchev–Trinajstić information content (AvgIpc) is 2.50. The van der Waals surface area contributed by atoms with E-state index in [0.29, 0.717) is 16.0 Å². The van der Waals surface area contributed by atoms with Crippen molar-refractivity contribution in [2.75, 3.05) is 12.3 Å². The first kappa shape index (κ1) is 14.7. The largest absolute Gasteiger partial charge is 0.334 e. The maximum atomic E-state index is 12.9. The molecule has 1 aromatic carbocycles. The Morgan fingerprint density at radius 3 is 2.81 bits per heavy atom. The highest BCUT2D eigenvalue weighted by Crippen LogP contribution is 2.29. The van der Waals surface area contributed by atoms with Crippen LogP contribution < -0.4 is 0 Å². The first-order valence-electron chi connectivity index (χ1n) is 7.05. The van der Waals surface area contributed by atoms with Gasteiger partial charge in [0, 0.05) is 35.2 Å². The van der Waals surface area contributed by atoms with Crippen molar-refractivity contribution >= 4 is 40.0 Å². The van der Waals surface area contributed by atoms with Crippen molar-refractivity contribution in [2.24, 2.45) is 0 Å². The van der Waals surface area contributed by atoms with Crippen LogP contribution in [0.5, 0.6) is 0 Å². The smallest absolute Gasteiger partial charge is 0.256 e. The lowest BCUT2D eigenvalue weighted by Gasteiger charge is -2.37. The summed E-state index contributed by atoms with van der Waals surface area (Å²) in [6.45, 7) is 5.07. The van der Waals surface area contributed by atoms with Crippen LogP contribution in [0.3, 0.4) is 0 Å².